The highest BCUT2D eigenvalue weighted by Crippen LogP contribution is 2.29. The third-order valence-electron chi connectivity index (χ3n) is 2.08. The first-order valence-electron chi connectivity index (χ1n) is 4.74. The summed E-state index contributed by atoms with van der Waals surface area (Å²) in [4.78, 5) is 7.93. The average Bonchev–Trinajstić information content (AvgIpc) is 2.78. The highest BCUT2D eigenvalue weighted by Gasteiger charge is 2.32. The van der Waals surface area contributed by atoms with Crippen LogP contribution in [0.4, 0.5) is 19.1 Å². The predicted molar refractivity (Wildman–Crippen MR) is 61.4 cm³/mol. The Balaban J connectivity index is 2.45. The van der Waals surface area contributed by atoms with Crippen molar-refractivity contribution in [2.75, 3.05) is 12.4 Å². The van der Waals surface area contributed by atoms with E-state index in [1.165, 1.54) is 6.20 Å². The number of nitrogens with one attached hydrogen (secondary N) is 1. The third-order valence-corrected chi connectivity index (χ3v) is 2.64. The molecule has 0 spiro atoms. The SMILES string of the molecule is CNc1ncc(Br)c(-n2cc(C(F)(F)F)cn2)n1. The number of halogens is 4. The van der Waals surface area contributed by atoms with E-state index in [0.29, 0.717) is 4.47 Å². The van der Waals surface area contributed by atoms with Gasteiger partial charge in [0.25, 0.3) is 0 Å². The van der Waals surface area contributed by atoms with Gasteiger partial charge in [0.15, 0.2) is 5.82 Å². The second-order valence-corrected chi connectivity index (χ2v) is 4.14. The summed E-state index contributed by atoms with van der Waals surface area (Å²) in [5.41, 5.74) is -0.834. The maximum Gasteiger partial charge on any atom is 0.419 e. The zero-order chi connectivity index (χ0) is 13.3. The van der Waals surface area contributed by atoms with E-state index >= 15 is 0 Å². The summed E-state index contributed by atoms with van der Waals surface area (Å²) in [6.07, 6.45) is -1.38. The third kappa shape index (κ3) is 2.45. The van der Waals surface area contributed by atoms with Gasteiger partial charge in [-0.2, -0.15) is 23.3 Å². The molecule has 0 saturated carbocycles. The van der Waals surface area contributed by atoms with E-state index in [0.717, 1.165) is 17.1 Å². The molecule has 0 saturated heterocycles. The Morgan fingerprint density at radius 3 is 2.61 bits per heavy atom. The molecule has 0 aliphatic heterocycles. The molecule has 2 heterocycles. The number of nitrogens with zero attached hydrogens (tertiary/aromatic N) is 4. The zero-order valence-corrected chi connectivity index (χ0v) is 10.6. The quantitative estimate of drug-likeness (QED) is 0.923. The molecule has 5 nitrogen and oxygen atoms in total. The molecule has 0 aromatic carbocycles. The molecule has 1 N–H and O–H groups in total. The first-order chi connectivity index (χ1) is 8.41. The van der Waals surface area contributed by atoms with Crippen LogP contribution in [-0.4, -0.2) is 26.8 Å². The van der Waals surface area contributed by atoms with Crippen LogP contribution in [0.1, 0.15) is 5.56 Å². The Morgan fingerprint density at radius 1 is 1.33 bits per heavy atom. The molecule has 0 amide bonds. The molecule has 0 bridgehead atoms. The molecule has 2 aromatic heterocycles. The summed E-state index contributed by atoms with van der Waals surface area (Å²) in [5, 5.41) is 6.33. The number of alkyl halides is 3. The fourth-order valence-electron chi connectivity index (χ4n) is 1.22. The van der Waals surface area contributed by atoms with Gasteiger partial charge in [-0.25, -0.2) is 9.67 Å². The number of aromatic nitrogens is 4. The summed E-state index contributed by atoms with van der Waals surface area (Å²) in [5.74, 6) is 0.516. The van der Waals surface area contributed by atoms with Crippen molar-refractivity contribution in [3.63, 3.8) is 0 Å². The van der Waals surface area contributed by atoms with E-state index in [2.05, 4.69) is 36.3 Å². The van der Waals surface area contributed by atoms with E-state index in [1.54, 1.807) is 7.05 Å². The van der Waals surface area contributed by atoms with Gasteiger partial charge in [-0.1, -0.05) is 0 Å². The van der Waals surface area contributed by atoms with Crippen LogP contribution in [0.5, 0.6) is 0 Å². The van der Waals surface area contributed by atoms with Crippen LogP contribution in [0.2, 0.25) is 0 Å². The first-order valence-corrected chi connectivity index (χ1v) is 5.53. The maximum absolute atomic E-state index is 12.5. The summed E-state index contributed by atoms with van der Waals surface area (Å²) in [7, 11) is 1.61. The van der Waals surface area contributed by atoms with Crippen molar-refractivity contribution in [1.29, 1.82) is 0 Å². The molecule has 2 rings (SSSR count). The average molecular weight is 322 g/mol. The number of anilines is 1. The second-order valence-electron chi connectivity index (χ2n) is 3.29. The fourth-order valence-corrected chi connectivity index (χ4v) is 1.60. The summed E-state index contributed by atoms with van der Waals surface area (Å²) in [6.45, 7) is 0. The highest BCUT2D eigenvalue weighted by molar-refractivity contribution is 9.10. The van der Waals surface area contributed by atoms with Crippen molar-refractivity contribution in [3.05, 3.63) is 28.6 Å². The molecule has 0 radical (unpaired) electrons. The minimum Gasteiger partial charge on any atom is -0.357 e. The lowest BCUT2D eigenvalue weighted by atomic mass is 10.4. The van der Waals surface area contributed by atoms with Crippen molar-refractivity contribution in [1.82, 2.24) is 19.7 Å². The smallest absolute Gasteiger partial charge is 0.357 e. The topological polar surface area (TPSA) is 55.6 Å². The maximum atomic E-state index is 12.5. The molecular formula is C9H7BrF3N5. The minimum atomic E-state index is -4.43. The Morgan fingerprint density at radius 2 is 2.06 bits per heavy atom. The lowest BCUT2D eigenvalue weighted by molar-refractivity contribution is -0.137. The van der Waals surface area contributed by atoms with Gasteiger partial charge in [-0.05, 0) is 15.9 Å². The minimum absolute atomic E-state index is 0.227. The van der Waals surface area contributed by atoms with Gasteiger partial charge in [-0.3, -0.25) is 0 Å². The molecule has 0 atom stereocenters. The number of hydrogen-bond donors (Lipinski definition) is 1. The molecule has 2 aromatic rings. The molecule has 0 fully saturated rings. The molecule has 0 aliphatic rings. The number of rotatable bonds is 2. The molecule has 0 aliphatic carbocycles. The Kier molecular flexibility index (Phi) is 3.24. The summed E-state index contributed by atoms with van der Waals surface area (Å²) >= 11 is 3.16. The first kappa shape index (κ1) is 12.8. The van der Waals surface area contributed by atoms with Crippen LogP contribution in [0.25, 0.3) is 5.82 Å². The van der Waals surface area contributed by atoms with Gasteiger partial charge in [0.05, 0.1) is 16.2 Å². The van der Waals surface area contributed by atoms with Crippen molar-refractivity contribution in [3.8, 4) is 5.82 Å². The van der Waals surface area contributed by atoms with E-state index in [1.807, 2.05) is 0 Å². The van der Waals surface area contributed by atoms with E-state index in [4.69, 9.17) is 0 Å². The van der Waals surface area contributed by atoms with Crippen molar-refractivity contribution in [2.24, 2.45) is 0 Å². The van der Waals surface area contributed by atoms with Crippen LogP contribution < -0.4 is 5.32 Å². The fraction of sp³-hybridized carbons (Fsp3) is 0.222. The number of hydrogen-bond acceptors (Lipinski definition) is 4. The summed E-state index contributed by atoms with van der Waals surface area (Å²) in [6, 6.07) is 0. The molecule has 9 heteroatoms. The second kappa shape index (κ2) is 4.56. The molecule has 96 valence electrons. The van der Waals surface area contributed by atoms with Gasteiger partial charge in [0, 0.05) is 19.4 Å². The summed E-state index contributed by atoms with van der Waals surface area (Å²) < 4.78 is 38.8. The monoisotopic (exact) mass is 321 g/mol. The van der Waals surface area contributed by atoms with Gasteiger partial charge < -0.3 is 5.32 Å². The Labute approximate surface area is 108 Å². The lowest BCUT2D eigenvalue weighted by Gasteiger charge is -2.05. The lowest BCUT2D eigenvalue weighted by Crippen LogP contribution is -2.05. The van der Waals surface area contributed by atoms with Crippen LogP contribution in [-0.2, 0) is 6.18 Å². The normalized spacial score (nSPS) is 11.6. The molecule has 0 unspecified atom stereocenters. The standard InChI is InChI=1S/C9H7BrF3N5/c1-14-8-15-3-6(10)7(17-8)18-4-5(2-16-18)9(11,12)13/h2-4H,1H3,(H,14,15,17). The van der Waals surface area contributed by atoms with E-state index in [-0.39, 0.29) is 11.8 Å². The van der Waals surface area contributed by atoms with Crippen LogP contribution >= 0.6 is 15.9 Å². The van der Waals surface area contributed by atoms with Crippen molar-refractivity contribution < 1.29 is 13.2 Å². The zero-order valence-electron chi connectivity index (χ0n) is 9.03. The van der Waals surface area contributed by atoms with Gasteiger partial charge in [-0.15, -0.1) is 0 Å². The van der Waals surface area contributed by atoms with Gasteiger partial charge in [0.1, 0.15) is 0 Å². The van der Waals surface area contributed by atoms with E-state index in [9.17, 15) is 13.2 Å². The van der Waals surface area contributed by atoms with E-state index < -0.39 is 11.7 Å². The predicted octanol–water partition coefficient (Wildman–Crippen LogP) is 2.49. The Bertz CT molecular complexity index is 566. The molecule has 18 heavy (non-hydrogen) atoms. The largest absolute Gasteiger partial charge is 0.419 e. The molecular weight excluding hydrogens is 315 g/mol. The Hall–Kier alpha value is -1.64. The van der Waals surface area contributed by atoms with Crippen molar-refractivity contribution >= 4 is 21.9 Å². The van der Waals surface area contributed by atoms with Gasteiger partial charge in [0.2, 0.25) is 5.95 Å². The van der Waals surface area contributed by atoms with Crippen LogP contribution in [0.3, 0.4) is 0 Å². The van der Waals surface area contributed by atoms with Crippen LogP contribution in [0, 0.1) is 0 Å². The van der Waals surface area contributed by atoms with Crippen molar-refractivity contribution in [2.45, 2.75) is 6.18 Å². The van der Waals surface area contributed by atoms with Crippen LogP contribution in [0.15, 0.2) is 23.1 Å². The van der Waals surface area contributed by atoms with Gasteiger partial charge >= 0.3 is 6.18 Å². The highest BCUT2D eigenvalue weighted by atomic mass is 79.9.